The number of rotatable bonds is 8. The molecule has 0 bridgehead atoms. The van der Waals surface area contributed by atoms with Crippen LogP contribution in [0, 0.1) is 37.3 Å². The van der Waals surface area contributed by atoms with E-state index in [-0.39, 0.29) is 25.5 Å². The zero-order valence-electron chi connectivity index (χ0n) is 34.7. The molecule has 0 fully saturated rings. The van der Waals surface area contributed by atoms with Crippen LogP contribution in [0.5, 0.6) is 0 Å². The van der Waals surface area contributed by atoms with Crippen LogP contribution in [0.3, 0.4) is 0 Å². The van der Waals surface area contributed by atoms with Gasteiger partial charge in [0.15, 0.2) is 0 Å². The molecule has 0 spiro atoms. The van der Waals surface area contributed by atoms with E-state index in [4.69, 9.17) is 15.2 Å². The average Bonchev–Trinajstić information content (AvgIpc) is 3.84. The minimum atomic E-state index is 0. The summed E-state index contributed by atoms with van der Waals surface area (Å²) in [5.41, 5.74) is 16.9. The fraction of sp³-hybridized carbons (Fsp3) is 0.164. The summed E-state index contributed by atoms with van der Waals surface area (Å²) in [5.74, 6) is 0.747. The molecular formula is C55H44IrN4S-2. The minimum Gasteiger partial charge on any atom is -0.285 e. The van der Waals surface area contributed by atoms with Gasteiger partial charge < -0.3 is 0 Å². The number of hydrogen-bond acceptors (Lipinski definition) is 5. The van der Waals surface area contributed by atoms with Crippen LogP contribution in [-0.2, 0) is 25.5 Å². The fourth-order valence-electron chi connectivity index (χ4n) is 9.14. The third kappa shape index (κ3) is 7.86. The molecule has 4 nitrogen and oxygen atoms in total. The van der Waals surface area contributed by atoms with Crippen LogP contribution in [0.4, 0.5) is 0 Å². The Labute approximate surface area is 376 Å². The second-order valence-electron chi connectivity index (χ2n) is 15.7. The second kappa shape index (κ2) is 17.9. The number of para-hydroxylation sites is 2. The van der Waals surface area contributed by atoms with Crippen LogP contribution in [0.2, 0.25) is 0 Å². The molecule has 0 aliphatic heterocycles. The summed E-state index contributed by atoms with van der Waals surface area (Å²) < 4.78 is 1.17. The predicted molar refractivity (Wildman–Crippen MR) is 249 cm³/mol. The number of benzene rings is 7. The number of aryl methyl sites for hydroxylation is 2. The molecule has 10 rings (SSSR count). The topological polar surface area (TPSA) is 62.5 Å². The largest absolute Gasteiger partial charge is 0.285 e. The van der Waals surface area contributed by atoms with Gasteiger partial charge in [0.1, 0.15) is 0 Å². The Bertz CT molecular complexity index is 3030. The van der Waals surface area contributed by atoms with E-state index < -0.39 is 0 Å². The van der Waals surface area contributed by atoms with Crippen molar-refractivity contribution in [3.8, 4) is 61.5 Å². The maximum atomic E-state index is 9.06. The molecule has 0 unspecified atom stereocenters. The molecule has 0 atom stereocenters. The quantitative estimate of drug-likeness (QED) is 0.142. The first-order valence-electron chi connectivity index (χ1n) is 20.8. The van der Waals surface area contributed by atoms with E-state index in [9.17, 15) is 0 Å². The van der Waals surface area contributed by atoms with Gasteiger partial charge in [0.05, 0.1) is 34.2 Å². The van der Waals surface area contributed by atoms with Gasteiger partial charge in [-0.25, -0.2) is 0 Å². The molecule has 1 aliphatic carbocycles. The van der Waals surface area contributed by atoms with Gasteiger partial charge in [0.2, 0.25) is 0 Å². The normalized spacial score (nSPS) is 12.2. The third-order valence-corrected chi connectivity index (χ3v) is 12.8. The average molecular weight is 985 g/mol. The van der Waals surface area contributed by atoms with Crippen molar-refractivity contribution in [2.75, 3.05) is 0 Å². The molecule has 0 amide bonds. The molecule has 61 heavy (non-hydrogen) atoms. The molecule has 1 aliphatic rings. The van der Waals surface area contributed by atoms with E-state index in [1.165, 1.54) is 43.6 Å². The Morgan fingerprint density at radius 2 is 1.34 bits per heavy atom. The number of hydrogen-bond donors (Lipinski definition) is 0. The van der Waals surface area contributed by atoms with Crippen LogP contribution in [-0.4, -0.2) is 15.0 Å². The first-order valence-corrected chi connectivity index (χ1v) is 21.6. The maximum Gasteiger partial charge on any atom is 0.0991 e. The summed E-state index contributed by atoms with van der Waals surface area (Å²) in [6.07, 6.45) is 4.57. The SMILES string of the molecule is CCCC1(CCC)c2ccccc2-c2c[c-]c(-c3nc(-c4c(C)cccc4C)c4ccccc4n3)cc21.N#Cc1cccc(-c2cc[c-]c(-c3nc4ccccc4s3)c2)c1.[Ir]. The zero-order chi connectivity index (χ0) is 41.2. The first-order chi connectivity index (χ1) is 29.4. The predicted octanol–water partition coefficient (Wildman–Crippen LogP) is 14.5. The molecular weight excluding hydrogens is 941 g/mol. The van der Waals surface area contributed by atoms with Gasteiger partial charge in [-0.05, 0) is 79.3 Å². The van der Waals surface area contributed by atoms with Crippen molar-refractivity contribution in [3.05, 3.63) is 186 Å². The van der Waals surface area contributed by atoms with Gasteiger partial charge in [0, 0.05) is 46.2 Å². The van der Waals surface area contributed by atoms with Crippen molar-refractivity contribution in [3.63, 3.8) is 0 Å². The van der Waals surface area contributed by atoms with E-state index in [0.29, 0.717) is 5.56 Å². The molecule has 2 heterocycles. The van der Waals surface area contributed by atoms with Crippen LogP contribution in [0.15, 0.2) is 146 Å². The summed E-state index contributed by atoms with van der Waals surface area (Å²) in [6, 6.07) is 59.1. The summed E-state index contributed by atoms with van der Waals surface area (Å²) in [4.78, 5) is 15.0. The van der Waals surface area contributed by atoms with Crippen LogP contribution in [0.1, 0.15) is 67.3 Å². The van der Waals surface area contributed by atoms with E-state index in [1.54, 1.807) is 11.3 Å². The second-order valence-corrected chi connectivity index (χ2v) is 16.7. The standard InChI is InChI=1S/C35H33N2.C20H11N2S.Ir/c1-5-20-35(21-6-2)29-16-9-7-14-26(29)27-19-18-25(22-30(27)35)34-36-31-17-10-8-15-28(31)33(37-34)32-23(3)12-11-13-24(32)4;21-13-14-5-3-6-15(11-14)16-7-4-8-17(12-16)20-22-18-9-1-2-10-19(18)23-20;/h7-17,19,22H,5-6,20-21H2,1-4H3;1-7,9-12H;/q2*-1;. The molecule has 1 radical (unpaired) electrons. The first kappa shape index (κ1) is 41.6. The van der Waals surface area contributed by atoms with Crippen molar-refractivity contribution in [2.45, 2.75) is 58.8 Å². The van der Waals surface area contributed by atoms with E-state index in [2.05, 4.69) is 142 Å². The van der Waals surface area contributed by atoms with E-state index in [0.717, 1.165) is 80.9 Å². The summed E-state index contributed by atoms with van der Waals surface area (Å²) in [6.45, 7) is 8.94. The Balaban J connectivity index is 0.000000184. The van der Waals surface area contributed by atoms with Gasteiger partial charge in [-0.2, -0.15) is 16.6 Å². The van der Waals surface area contributed by atoms with Gasteiger partial charge in [-0.15, -0.1) is 64.7 Å². The number of thiazole rings is 1. The fourth-order valence-corrected chi connectivity index (χ4v) is 10.1. The Hall–Kier alpha value is -6.09. The summed E-state index contributed by atoms with van der Waals surface area (Å²) in [7, 11) is 0. The minimum absolute atomic E-state index is 0. The number of aromatic nitrogens is 3. The van der Waals surface area contributed by atoms with Crippen LogP contribution >= 0.6 is 11.3 Å². The number of fused-ring (bicyclic) bond motifs is 5. The van der Waals surface area contributed by atoms with Crippen molar-refractivity contribution < 1.29 is 20.1 Å². The maximum absolute atomic E-state index is 9.06. The van der Waals surface area contributed by atoms with Gasteiger partial charge in [0.25, 0.3) is 0 Å². The molecule has 0 N–H and O–H groups in total. The van der Waals surface area contributed by atoms with Crippen molar-refractivity contribution in [2.24, 2.45) is 0 Å². The molecule has 2 aromatic heterocycles. The molecule has 6 heteroatoms. The van der Waals surface area contributed by atoms with Crippen LogP contribution < -0.4 is 0 Å². The summed E-state index contributed by atoms with van der Waals surface area (Å²) >= 11 is 1.67. The number of nitriles is 1. The monoisotopic (exact) mass is 985 g/mol. The van der Waals surface area contributed by atoms with Crippen molar-refractivity contribution >= 4 is 32.5 Å². The zero-order valence-corrected chi connectivity index (χ0v) is 37.9. The Morgan fingerprint density at radius 1 is 0.639 bits per heavy atom. The Kier molecular flexibility index (Phi) is 12.2. The Morgan fingerprint density at radius 3 is 2.11 bits per heavy atom. The van der Waals surface area contributed by atoms with Crippen molar-refractivity contribution in [1.82, 2.24) is 15.0 Å². The van der Waals surface area contributed by atoms with E-state index >= 15 is 0 Å². The van der Waals surface area contributed by atoms with Crippen LogP contribution in [0.25, 0.3) is 76.6 Å². The van der Waals surface area contributed by atoms with Gasteiger partial charge in [-0.3, -0.25) is 15.0 Å². The smallest absolute Gasteiger partial charge is 0.0991 e. The summed E-state index contributed by atoms with van der Waals surface area (Å²) in [5, 5.41) is 11.1. The molecule has 301 valence electrons. The molecule has 0 saturated heterocycles. The van der Waals surface area contributed by atoms with Gasteiger partial charge >= 0.3 is 0 Å². The number of nitrogens with zero attached hydrogens (tertiary/aromatic N) is 4. The van der Waals surface area contributed by atoms with Crippen molar-refractivity contribution in [1.29, 1.82) is 5.26 Å². The molecule has 0 saturated carbocycles. The third-order valence-electron chi connectivity index (χ3n) is 11.8. The molecule has 7 aromatic carbocycles. The molecule has 9 aromatic rings. The van der Waals surface area contributed by atoms with Gasteiger partial charge in [-0.1, -0.05) is 123 Å². The van der Waals surface area contributed by atoms with E-state index in [1.807, 2.05) is 54.6 Å².